The third kappa shape index (κ3) is 18.0. The lowest BCUT2D eigenvalue weighted by Crippen LogP contribution is -2.32. The number of carbonyl (C=O) groups is 2. The zero-order valence-corrected chi connectivity index (χ0v) is 17.8. The summed E-state index contributed by atoms with van der Waals surface area (Å²) in [6, 6.07) is 0. The van der Waals surface area contributed by atoms with Crippen molar-refractivity contribution in [2.24, 2.45) is 0 Å². The molecular weight excluding hydrogens is 342 g/mol. The number of aliphatic carboxylic acids is 1. The lowest BCUT2D eigenvalue weighted by molar-refractivity contribution is -0.198. The van der Waals surface area contributed by atoms with E-state index in [0.717, 1.165) is 25.7 Å². The molecule has 0 amide bonds. The van der Waals surface area contributed by atoms with Crippen molar-refractivity contribution < 1.29 is 19.5 Å². The molecule has 0 aliphatic carbocycles. The van der Waals surface area contributed by atoms with E-state index in [2.05, 4.69) is 13.8 Å². The highest BCUT2D eigenvalue weighted by molar-refractivity contribution is 6.28. The average molecular weight is 386 g/mol. The van der Waals surface area contributed by atoms with Gasteiger partial charge in [0.05, 0.1) is 0 Å². The standard InChI is InChI=1S/C22H43NO4/c1-3-5-7-9-11-13-15-17-19-23(27-22(26)21(24)25)20-18-16-14-12-10-8-6-4-2/h3-20H2,1-2H3,(H,24,25). The fourth-order valence-corrected chi connectivity index (χ4v) is 3.20. The lowest BCUT2D eigenvalue weighted by atomic mass is 10.1. The van der Waals surface area contributed by atoms with Gasteiger partial charge in [0.25, 0.3) is 0 Å². The predicted molar refractivity (Wildman–Crippen MR) is 111 cm³/mol. The van der Waals surface area contributed by atoms with Crippen LogP contribution in [-0.2, 0) is 14.4 Å². The Labute approximate surface area is 166 Å². The van der Waals surface area contributed by atoms with Gasteiger partial charge >= 0.3 is 11.9 Å². The van der Waals surface area contributed by atoms with Crippen LogP contribution in [0.4, 0.5) is 0 Å². The molecule has 0 aliphatic heterocycles. The highest BCUT2D eigenvalue weighted by atomic mass is 16.7. The molecule has 5 heteroatoms. The maximum atomic E-state index is 11.4. The first-order chi connectivity index (χ1) is 13.1. The summed E-state index contributed by atoms with van der Waals surface area (Å²) in [5.74, 6) is -2.69. The number of carboxylic acids is 1. The third-order valence-corrected chi connectivity index (χ3v) is 4.91. The largest absolute Gasteiger partial charge is 0.473 e. The smallest absolute Gasteiger partial charge is 0.436 e. The van der Waals surface area contributed by atoms with E-state index in [0.29, 0.717) is 13.1 Å². The summed E-state index contributed by atoms with van der Waals surface area (Å²) in [5.41, 5.74) is 0. The third-order valence-electron chi connectivity index (χ3n) is 4.91. The van der Waals surface area contributed by atoms with E-state index in [9.17, 15) is 9.59 Å². The van der Waals surface area contributed by atoms with Crippen LogP contribution in [0.5, 0.6) is 0 Å². The zero-order chi connectivity index (χ0) is 20.2. The van der Waals surface area contributed by atoms with E-state index in [1.54, 1.807) is 5.06 Å². The SMILES string of the molecule is CCCCCCCCCCN(CCCCCCCCCC)OC(=O)C(=O)O. The molecule has 0 aromatic carbocycles. The van der Waals surface area contributed by atoms with Gasteiger partial charge in [0.15, 0.2) is 0 Å². The normalized spacial score (nSPS) is 11.1. The maximum Gasteiger partial charge on any atom is 0.436 e. The summed E-state index contributed by atoms with van der Waals surface area (Å²) in [6.07, 6.45) is 19.4. The fourth-order valence-electron chi connectivity index (χ4n) is 3.20. The van der Waals surface area contributed by atoms with Crippen molar-refractivity contribution >= 4 is 11.9 Å². The predicted octanol–water partition coefficient (Wildman–Crippen LogP) is 6.11. The van der Waals surface area contributed by atoms with Crippen LogP contribution < -0.4 is 0 Å². The van der Waals surface area contributed by atoms with E-state index >= 15 is 0 Å². The molecule has 0 saturated heterocycles. The molecule has 160 valence electrons. The van der Waals surface area contributed by atoms with E-state index in [4.69, 9.17) is 9.94 Å². The molecule has 0 aromatic heterocycles. The lowest BCUT2D eigenvalue weighted by Gasteiger charge is -2.20. The fraction of sp³-hybridized carbons (Fsp3) is 0.909. The van der Waals surface area contributed by atoms with Crippen molar-refractivity contribution in [2.45, 2.75) is 117 Å². The van der Waals surface area contributed by atoms with Crippen LogP contribution in [0.2, 0.25) is 0 Å². The first-order valence-corrected chi connectivity index (χ1v) is 11.3. The van der Waals surface area contributed by atoms with Crippen LogP contribution in [0.25, 0.3) is 0 Å². The van der Waals surface area contributed by atoms with E-state index in [1.807, 2.05) is 0 Å². The molecule has 1 N–H and O–H groups in total. The number of rotatable bonds is 19. The molecule has 0 bridgehead atoms. The van der Waals surface area contributed by atoms with Crippen LogP contribution in [0.1, 0.15) is 117 Å². The van der Waals surface area contributed by atoms with Gasteiger partial charge in [-0.3, -0.25) is 0 Å². The highest BCUT2D eigenvalue weighted by Crippen LogP contribution is 2.11. The van der Waals surface area contributed by atoms with Crippen molar-refractivity contribution in [1.29, 1.82) is 0 Å². The van der Waals surface area contributed by atoms with E-state index in [-0.39, 0.29) is 0 Å². The zero-order valence-electron chi connectivity index (χ0n) is 17.8. The van der Waals surface area contributed by atoms with Crippen LogP contribution >= 0.6 is 0 Å². The summed E-state index contributed by atoms with van der Waals surface area (Å²) < 4.78 is 0. The summed E-state index contributed by atoms with van der Waals surface area (Å²) in [7, 11) is 0. The number of carboxylic acid groups (broad SMARTS) is 1. The Balaban J connectivity index is 3.87. The Morgan fingerprint density at radius 2 is 0.963 bits per heavy atom. The van der Waals surface area contributed by atoms with Crippen molar-refractivity contribution in [3.63, 3.8) is 0 Å². The number of nitrogens with zero attached hydrogens (tertiary/aromatic N) is 1. The second-order valence-electron chi connectivity index (χ2n) is 7.56. The maximum absolute atomic E-state index is 11.4. The van der Waals surface area contributed by atoms with Gasteiger partial charge in [-0.1, -0.05) is 104 Å². The van der Waals surface area contributed by atoms with Crippen molar-refractivity contribution in [2.75, 3.05) is 13.1 Å². The van der Waals surface area contributed by atoms with E-state index in [1.165, 1.54) is 77.0 Å². The molecule has 0 aliphatic rings. The van der Waals surface area contributed by atoms with Crippen LogP contribution in [0.15, 0.2) is 0 Å². The molecule has 0 heterocycles. The molecule has 0 radical (unpaired) electrons. The van der Waals surface area contributed by atoms with Gasteiger partial charge < -0.3 is 9.94 Å². The molecular formula is C22H43NO4. The van der Waals surface area contributed by atoms with Gasteiger partial charge in [-0.25, -0.2) is 9.59 Å². The van der Waals surface area contributed by atoms with E-state index < -0.39 is 11.9 Å². The molecule has 0 atom stereocenters. The number of hydroxylamine groups is 2. The quantitative estimate of drug-likeness (QED) is 0.165. The molecule has 0 saturated carbocycles. The number of carbonyl (C=O) groups excluding carboxylic acids is 1. The number of hydrogen-bond donors (Lipinski definition) is 1. The van der Waals surface area contributed by atoms with Gasteiger partial charge in [-0.05, 0) is 12.8 Å². The minimum Gasteiger partial charge on any atom is -0.473 e. The van der Waals surface area contributed by atoms with Gasteiger partial charge in [0.2, 0.25) is 0 Å². The molecule has 5 nitrogen and oxygen atoms in total. The van der Waals surface area contributed by atoms with Crippen molar-refractivity contribution in [1.82, 2.24) is 5.06 Å². The van der Waals surface area contributed by atoms with Crippen LogP contribution in [0.3, 0.4) is 0 Å². The van der Waals surface area contributed by atoms with Crippen molar-refractivity contribution in [3.05, 3.63) is 0 Å². The molecule has 0 spiro atoms. The topological polar surface area (TPSA) is 66.8 Å². The Kier molecular flexibility index (Phi) is 18.9. The minimum atomic E-state index is -1.52. The molecule has 0 fully saturated rings. The summed E-state index contributed by atoms with van der Waals surface area (Å²) in [5, 5.41) is 10.3. The molecule has 0 aromatic rings. The first-order valence-electron chi connectivity index (χ1n) is 11.3. The second-order valence-corrected chi connectivity index (χ2v) is 7.56. The highest BCUT2D eigenvalue weighted by Gasteiger charge is 2.18. The first kappa shape index (κ1) is 25.9. The van der Waals surface area contributed by atoms with Crippen molar-refractivity contribution in [3.8, 4) is 0 Å². The summed E-state index contributed by atoms with van der Waals surface area (Å²) >= 11 is 0. The van der Waals surface area contributed by atoms with Crippen LogP contribution in [-0.4, -0.2) is 35.2 Å². The number of hydrogen-bond acceptors (Lipinski definition) is 4. The van der Waals surface area contributed by atoms with Gasteiger partial charge in [-0.15, -0.1) is 5.06 Å². The summed E-state index contributed by atoms with van der Waals surface area (Å²) in [4.78, 5) is 27.1. The Bertz CT molecular complexity index is 340. The Morgan fingerprint density at radius 3 is 1.30 bits per heavy atom. The molecule has 0 rings (SSSR count). The average Bonchev–Trinajstić information content (AvgIpc) is 2.65. The van der Waals surface area contributed by atoms with Crippen LogP contribution in [0, 0.1) is 0 Å². The summed E-state index contributed by atoms with van der Waals surface area (Å²) in [6.45, 7) is 5.70. The monoisotopic (exact) mass is 385 g/mol. The minimum absolute atomic E-state index is 0.629. The Hall–Kier alpha value is -1.10. The van der Waals surface area contributed by atoms with Gasteiger partial charge in [0.1, 0.15) is 0 Å². The molecule has 0 unspecified atom stereocenters. The Morgan fingerprint density at radius 1 is 0.630 bits per heavy atom. The van der Waals surface area contributed by atoms with Gasteiger partial charge in [0, 0.05) is 13.1 Å². The second kappa shape index (κ2) is 19.7. The van der Waals surface area contributed by atoms with Gasteiger partial charge in [-0.2, -0.15) is 0 Å². The molecule has 27 heavy (non-hydrogen) atoms. The number of unbranched alkanes of at least 4 members (excludes halogenated alkanes) is 14.